The van der Waals surface area contributed by atoms with Gasteiger partial charge in [0.1, 0.15) is 0 Å². The zero-order valence-electron chi connectivity index (χ0n) is 23.0. The Bertz CT molecular complexity index is 1290. The number of aryl methyl sites for hydroxylation is 1. The molecule has 0 aliphatic heterocycles. The molecule has 0 fully saturated rings. The van der Waals surface area contributed by atoms with E-state index in [1.807, 2.05) is 13.0 Å². The maximum absolute atomic E-state index is 11.4. The number of carboxylic acid groups (broad SMARTS) is 1. The minimum atomic E-state index is -2.02. The van der Waals surface area contributed by atoms with Crippen LogP contribution in [0.1, 0.15) is 49.1 Å². The third kappa shape index (κ3) is 6.01. The van der Waals surface area contributed by atoms with Gasteiger partial charge in [0.25, 0.3) is 0 Å². The van der Waals surface area contributed by atoms with Crippen molar-refractivity contribution >= 4 is 5.97 Å². The zero-order chi connectivity index (χ0) is 26.8. The van der Waals surface area contributed by atoms with Gasteiger partial charge in [-0.05, 0) is 60.6 Å². The van der Waals surface area contributed by atoms with Crippen molar-refractivity contribution in [2.75, 3.05) is 13.1 Å². The Hall–Kier alpha value is -2.95. The van der Waals surface area contributed by atoms with Crippen molar-refractivity contribution in [2.45, 2.75) is 25.8 Å². The summed E-state index contributed by atoms with van der Waals surface area (Å²) in [6.07, 6.45) is -4.45. The van der Waals surface area contributed by atoms with Crippen molar-refractivity contribution < 1.29 is 24.6 Å². The molecular weight excluding hydrogens is 362 g/mol. The number of carboxylic acids is 1. The molecule has 3 aromatic rings. The average molecular weight is 397 g/mol. The molecule has 150 valence electrons. The number of nitrogens with one attached hydrogen (secondary N) is 1. The first-order valence-electron chi connectivity index (χ1n) is 12.7. The summed E-state index contributed by atoms with van der Waals surface area (Å²) >= 11 is 0. The summed E-state index contributed by atoms with van der Waals surface area (Å²) in [6.45, 7) is 1.26. The van der Waals surface area contributed by atoms with Crippen molar-refractivity contribution in [1.29, 1.82) is 0 Å². The van der Waals surface area contributed by atoms with Crippen LogP contribution in [0.3, 0.4) is 0 Å². The van der Waals surface area contributed by atoms with Gasteiger partial charge in [-0.3, -0.25) is 0 Å². The molecule has 0 aliphatic rings. The van der Waals surface area contributed by atoms with E-state index < -0.39 is 43.0 Å². The maximum atomic E-state index is 11.4. The van der Waals surface area contributed by atoms with Crippen molar-refractivity contribution in [2.24, 2.45) is 0 Å². The van der Waals surface area contributed by atoms with E-state index >= 15 is 0 Å². The molecular formula is C25H27NO3. The van der Waals surface area contributed by atoms with Gasteiger partial charge in [0.2, 0.25) is 0 Å². The molecule has 0 aliphatic carbocycles. The lowest BCUT2D eigenvalue weighted by atomic mass is 9.99. The number of aliphatic hydroxyl groups is 1. The number of hydrogen-bond acceptors (Lipinski definition) is 3. The van der Waals surface area contributed by atoms with Crippen LogP contribution >= 0.6 is 0 Å². The van der Waals surface area contributed by atoms with E-state index in [9.17, 15) is 15.0 Å². The molecule has 0 amide bonds. The second kappa shape index (κ2) is 10.0. The first-order valence-corrected chi connectivity index (χ1v) is 9.17. The van der Waals surface area contributed by atoms with Crippen LogP contribution in [0.4, 0.5) is 0 Å². The highest BCUT2D eigenvalue weighted by molar-refractivity contribution is 5.89. The normalized spacial score (nSPS) is 17.0. The summed E-state index contributed by atoms with van der Waals surface area (Å²) in [5, 5.41) is 22.5. The molecule has 0 heterocycles. The van der Waals surface area contributed by atoms with Gasteiger partial charge < -0.3 is 15.5 Å². The lowest BCUT2D eigenvalue weighted by Gasteiger charge is -2.13. The highest BCUT2D eigenvalue weighted by atomic mass is 16.4. The maximum Gasteiger partial charge on any atom is 0.335 e. The van der Waals surface area contributed by atoms with Gasteiger partial charge in [0.15, 0.2) is 0 Å². The van der Waals surface area contributed by atoms with Crippen molar-refractivity contribution in [1.82, 2.24) is 5.32 Å². The van der Waals surface area contributed by atoms with Gasteiger partial charge in [-0.1, -0.05) is 66.1 Å². The van der Waals surface area contributed by atoms with Crippen LogP contribution in [-0.2, 0) is 6.42 Å². The van der Waals surface area contributed by atoms with E-state index in [0.29, 0.717) is 5.56 Å². The van der Waals surface area contributed by atoms with Crippen LogP contribution < -0.4 is 5.32 Å². The molecule has 0 radical (unpaired) electrons. The topological polar surface area (TPSA) is 69.6 Å². The van der Waals surface area contributed by atoms with E-state index in [1.165, 1.54) is 24.3 Å². The Morgan fingerprint density at radius 3 is 2.83 bits per heavy atom. The van der Waals surface area contributed by atoms with Crippen LogP contribution in [0.2, 0.25) is 0 Å². The van der Waals surface area contributed by atoms with E-state index in [-0.39, 0.29) is 41.4 Å². The van der Waals surface area contributed by atoms with E-state index in [1.54, 1.807) is 18.2 Å². The molecule has 0 bridgehead atoms. The summed E-state index contributed by atoms with van der Waals surface area (Å²) in [7, 11) is 0. The fourth-order valence-electron chi connectivity index (χ4n) is 2.81. The van der Waals surface area contributed by atoms with Gasteiger partial charge in [0.05, 0.1) is 18.5 Å². The largest absolute Gasteiger partial charge is 0.478 e. The van der Waals surface area contributed by atoms with Gasteiger partial charge in [-0.15, -0.1) is 0 Å². The molecule has 3 rings (SSSR count). The molecule has 3 N–H and O–H groups in total. The first-order chi connectivity index (χ1) is 16.7. The molecule has 0 spiro atoms. The standard InChI is InChI=1S/C25H27NO3/c1-18-6-2-11-22(14-18)24(27)17-26-13-5-8-19-7-3-9-20(15-19)21-10-4-12-23(16-21)25(28)29/h2-4,6-7,9-12,14-16,24,26-27H,5,8,13,17H2,1H3,(H,28,29)/t24-/m0/s1/i3D,5D2,7D,9D,15D,24D. The van der Waals surface area contributed by atoms with Crippen LogP contribution in [-0.4, -0.2) is 29.3 Å². The minimum Gasteiger partial charge on any atom is -0.478 e. The van der Waals surface area contributed by atoms with Gasteiger partial charge >= 0.3 is 5.97 Å². The van der Waals surface area contributed by atoms with Crippen LogP contribution in [0.25, 0.3) is 11.1 Å². The van der Waals surface area contributed by atoms with E-state index in [2.05, 4.69) is 5.32 Å². The second-order valence-corrected chi connectivity index (χ2v) is 6.59. The number of benzene rings is 3. The van der Waals surface area contributed by atoms with E-state index in [4.69, 9.17) is 9.60 Å². The van der Waals surface area contributed by atoms with E-state index in [0.717, 1.165) is 5.56 Å². The number of rotatable bonds is 9. The Morgan fingerprint density at radius 2 is 2.03 bits per heavy atom. The molecule has 29 heavy (non-hydrogen) atoms. The number of carbonyl (C=O) groups is 1. The average Bonchev–Trinajstić information content (AvgIpc) is 2.80. The summed E-state index contributed by atoms with van der Waals surface area (Å²) in [6, 6.07) is 10.8. The zero-order valence-corrected chi connectivity index (χ0v) is 16.0. The summed E-state index contributed by atoms with van der Waals surface area (Å²) in [5.74, 6) is -1.19. The third-order valence-electron chi connectivity index (χ3n) is 4.27. The lowest BCUT2D eigenvalue weighted by molar-refractivity contribution is 0.0697. The van der Waals surface area contributed by atoms with Crippen LogP contribution in [0.5, 0.6) is 0 Å². The number of hydrogen-bond donors (Lipinski definition) is 3. The third-order valence-corrected chi connectivity index (χ3v) is 4.27. The molecule has 0 saturated heterocycles. The monoisotopic (exact) mass is 396 g/mol. The summed E-state index contributed by atoms with van der Waals surface area (Å²) in [4.78, 5) is 11.4. The van der Waals surface area contributed by atoms with Crippen molar-refractivity contribution in [3.8, 4) is 11.1 Å². The Kier molecular flexibility index (Phi) is 4.59. The summed E-state index contributed by atoms with van der Waals surface area (Å²) in [5.41, 5.74) is 1.25. The Balaban J connectivity index is 1.86. The van der Waals surface area contributed by atoms with Gasteiger partial charge in [-0.2, -0.15) is 0 Å². The summed E-state index contributed by atoms with van der Waals surface area (Å²) < 4.78 is 58.3. The predicted octanol–water partition coefficient (Wildman–Crippen LogP) is 4.62. The van der Waals surface area contributed by atoms with Gasteiger partial charge in [-0.25, -0.2) is 4.79 Å². The molecule has 3 aromatic carbocycles. The highest BCUT2D eigenvalue weighted by Crippen LogP contribution is 2.22. The predicted molar refractivity (Wildman–Crippen MR) is 116 cm³/mol. The SMILES string of the molecule is [2H]c1c([2H])c(CC([2H])([2H])CNC[C@]([2H])(O)c2cccc(C)c2)c([2H])c(-c2cccc(C(=O)O)c2)c1[2H]. The smallest absolute Gasteiger partial charge is 0.335 e. The lowest BCUT2D eigenvalue weighted by Crippen LogP contribution is -2.22. The fraction of sp³-hybridized carbons (Fsp3) is 0.240. The number of aromatic carboxylic acids is 1. The second-order valence-electron chi connectivity index (χ2n) is 6.59. The van der Waals surface area contributed by atoms with Crippen LogP contribution in [0, 0.1) is 6.92 Å². The van der Waals surface area contributed by atoms with Gasteiger partial charge in [0, 0.05) is 9.29 Å². The minimum absolute atomic E-state index is 0.0437. The first kappa shape index (κ1) is 13.3. The Morgan fingerprint density at radius 1 is 1.21 bits per heavy atom. The van der Waals surface area contributed by atoms with Crippen molar-refractivity contribution in [3.63, 3.8) is 0 Å². The molecule has 0 aromatic heterocycles. The molecule has 0 saturated carbocycles. The molecule has 0 unspecified atom stereocenters. The molecule has 4 heteroatoms. The fourth-order valence-corrected chi connectivity index (χ4v) is 2.81. The highest BCUT2D eigenvalue weighted by Gasteiger charge is 2.07. The van der Waals surface area contributed by atoms with Crippen LogP contribution in [0.15, 0.2) is 72.7 Å². The molecule has 1 atom stereocenters. The Labute approximate surface area is 181 Å². The molecule has 4 nitrogen and oxygen atoms in total. The quantitative estimate of drug-likeness (QED) is 0.494. The van der Waals surface area contributed by atoms with Crippen molar-refractivity contribution in [3.05, 3.63) is 95.0 Å².